The minimum Gasteiger partial charge on any atom is -0.497 e. The summed E-state index contributed by atoms with van der Waals surface area (Å²) in [7, 11) is -2.07. The number of benzene rings is 1. The quantitative estimate of drug-likeness (QED) is 0.799. The lowest BCUT2D eigenvalue weighted by Crippen LogP contribution is -2.44. The van der Waals surface area contributed by atoms with Crippen molar-refractivity contribution in [2.75, 3.05) is 26.7 Å². The van der Waals surface area contributed by atoms with Crippen LogP contribution in [-0.2, 0) is 10.0 Å². The highest BCUT2D eigenvalue weighted by Gasteiger charge is 2.26. The van der Waals surface area contributed by atoms with Crippen molar-refractivity contribution in [3.63, 3.8) is 0 Å². The second-order valence-electron chi connectivity index (χ2n) is 6.95. The fraction of sp³-hybridized carbons (Fsp3) is 0.400. The molecule has 0 saturated carbocycles. The molecule has 8 heteroatoms. The zero-order valence-corrected chi connectivity index (χ0v) is 16.9. The summed E-state index contributed by atoms with van der Waals surface area (Å²) in [5.41, 5.74) is 1.23. The number of carbonyl (C=O) groups is 1. The summed E-state index contributed by atoms with van der Waals surface area (Å²) in [6.45, 7) is 3.32. The van der Waals surface area contributed by atoms with Gasteiger partial charge in [-0.1, -0.05) is 6.07 Å². The monoisotopic (exact) mass is 403 g/mol. The number of ether oxygens (including phenoxy) is 1. The molecular formula is C20H25N3O4S. The second-order valence-corrected chi connectivity index (χ2v) is 8.72. The van der Waals surface area contributed by atoms with Crippen LogP contribution < -0.4 is 9.46 Å². The molecule has 2 aromatic rings. The summed E-state index contributed by atoms with van der Waals surface area (Å²) in [6.07, 6.45) is 1.71. The van der Waals surface area contributed by atoms with Gasteiger partial charge in [0.25, 0.3) is 5.91 Å². The number of sulfonamides is 1. The van der Waals surface area contributed by atoms with Gasteiger partial charge in [-0.25, -0.2) is 18.1 Å². The number of carbonyl (C=O) groups excluding carboxylic acids is 1. The van der Waals surface area contributed by atoms with Gasteiger partial charge >= 0.3 is 0 Å². The zero-order valence-electron chi connectivity index (χ0n) is 16.1. The molecule has 1 atom stereocenters. The fourth-order valence-corrected chi connectivity index (χ4v) is 4.42. The van der Waals surface area contributed by atoms with Gasteiger partial charge in [-0.2, -0.15) is 0 Å². The number of methoxy groups -OCH3 is 1. The summed E-state index contributed by atoms with van der Waals surface area (Å²) in [4.78, 5) is 18.9. The van der Waals surface area contributed by atoms with E-state index in [0.29, 0.717) is 31.1 Å². The molecule has 7 nitrogen and oxygen atoms in total. The summed E-state index contributed by atoms with van der Waals surface area (Å²) < 4.78 is 32.7. The molecule has 1 N–H and O–H groups in total. The third-order valence-corrected chi connectivity index (χ3v) is 6.28. The number of aromatic nitrogens is 1. The molecule has 1 aliphatic heterocycles. The number of likely N-dealkylation sites (tertiary alicyclic amines) is 1. The maximum absolute atomic E-state index is 12.7. The van der Waals surface area contributed by atoms with Crippen LogP contribution in [0.15, 0.2) is 47.4 Å². The van der Waals surface area contributed by atoms with Crippen LogP contribution in [-0.4, -0.2) is 51.0 Å². The summed E-state index contributed by atoms with van der Waals surface area (Å²) >= 11 is 0. The first-order valence-electron chi connectivity index (χ1n) is 9.26. The maximum atomic E-state index is 12.7. The van der Waals surface area contributed by atoms with E-state index in [2.05, 4.69) is 9.71 Å². The van der Waals surface area contributed by atoms with Crippen molar-refractivity contribution in [2.45, 2.75) is 24.7 Å². The molecule has 0 unspecified atom stereocenters. The summed E-state index contributed by atoms with van der Waals surface area (Å²) in [6, 6.07) is 11.6. The number of hydrogen-bond donors (Lipinski definition) is 1. The van der Waals surface area contributed by atoms with Gasteiger partial charge in [-0.15, -0.1) is 0 Å². The molecule has 3 rings (SSSR count). The van der Waals surface area contributed by atoms with Crippen LogP contribution in [0.2, 0.25) is 0 Å². The highest BCUT2D eigenvalue weighted by atomic mass is 32.2. The van der Waals surface area contributed by atoms with Gasteiger partial charge in [-0.3, -0.25) is 4.79 Å². The van der Waals surface area contributed by atoms with E-state index in [0.717, 1.165) is 18.5 Å². The molecule has 1 saturated heterocycles. The predicted octanol–water partition coefficient (Wildman–Crippen LogP) is 2.23. The molecule has 1 amide bonds. The van der Waals surface area contributed by atoms with Gasteiger partial charge in [0.1, 0.15) is 11.4 Å². The third kappa shape index (κ3) is 4.88. The first-order chi connectivity index (χ1) is 13.4. The minimum absolute atomic E-state index is 0.0653. The van der Waals surface area contributed by atoms with Crippen LogP contribution in [0.25, 0.3) is 0 Å². The molecule has 1 aromatic heterocycles. The van der Waals surface area contributed by atoms with Crippen LogP contribution in [0.5, 0.6) is 5.75 Å². The SMILES string of the molecule is COc1ccc(S(=O)(=O)NC[C@@H]2CCCN(C(=O)c3cccc(C)n3)C2)cc1. The molecule has 150 valence electrons. The fourth-order valence-electron chi connectivity index (χ4n) is 3.31. The van der Waals surface area contributed by atoms with E-state index >= 15 is 0 Å². The van der Waals surface area contributed by atoms with E-state index in [-0.39, 0.29) is 16.7 Å². The molecule has 0 radical (unpaired) electrons. The molecule has 1 fully saturated rings. The molecule has 0 bridgehead atoms. The molecule has 28 heavy (non-hydrogen) atoms. The number of pyridine rings is 1. The second kappa shape index (κ2) is 8.70. The Balaban J connectivity index is 1.60. The van der Waals surface area contributed by atoms with Crippen LogP contribution in [0.4, 0.5) is 0 Å². The Morgan fingerprint density at radius 3 is 2.68 bits per heavy atom. The molecule has 0 aliphatic carbocycles. The zero-order chi connectivity index (χ0) is 20.1. The highest BCUT2D eigenvalue weighted by Crippen LogP contribution is 2.20. The Morgan fingerprint density at radius 2 is 2.00 bits per heavy atom. The van der Waals surface area contributed by atoms with Gasteiger partial charge in [0.15, 0.2) is 0 Å². The predicted molar refractivity (Wildman–Crippen MR) is 106 cm³/mol. The van der Waals surface area contributed by atoms with E-state index in [9.17, 15) is 13.2 Å². The number of aryl methyl sites for hydroxylation is 1. The standard InChI is InChI=1S/C20H25N3O4S/c1-15-5-3-7-19(22-15)20(24)23-12-4-6-16(14-23)13-21-28(25,26)18-10-8-17(27-2)9-11-18/h3,5,7-11,16,21H,4,6,12-14H2,1-2H3/t16-/m0/s1. The lowest BCUT2D eigenvalue weighted by atomic mass is 9.98. The van der Waals surface area contributed by atoms with Crippen LogP contribution in [0, 0.1) is 12.8 Å². The Hall–Kier alpha value is -2.45. The van der Waals surface area contributed by atoms with E-state index < -0.39 is 10.0 Å². The van der Waals surface area contributed by atoms with Crippen molar-refractivity contribution < 1.29 is 17.9 Å². The van der Waals surface area contributed by atoms with E-state index in [1.807, 2.05) is 19.1 Å². The molecular weight excluding hydrogens is 378 g/mol. The van der Waals surface area contributed by atoms with Crippen molar-refractivity contribution in [2.24, 2.45) is 5.92 Å². The topological polar surface area (TPSA) is 88.6 Å². The van der Waals surface area contributed by atoms with E-state index in [1.54, 1.807) is 23.1 Å². The van der Waals surface area contributed by atoms with Crippen molar-refractivity contribution in [1.82, 2.24) is 14.6 Å². The molecule has 1 aromatic carbocycles. The number of nitrogens with zero attached hydrogens (tertiary/aromatic N) is 2. The average Bonchev–Trinajstić information content (AvgIpc) is 2.72. The Bertz CT molecular complexity index is 929. The van der Waals surface area contributed by atoms with Crippen LogP contribution >= 0.6 is 0 Å². The van der Waals surface area contributed by atoms with Crippen LogP contribution in [0.3, 0.4) is 0 Å². The van der Waals surface area contributed by atoms with Gasteiger partial charge in [0.2, 0.25) is 10.0 Å². The number of hydrogen-bond acceptors (Lipinski definition) is 5. The van der Waals surface area contributed by atoms with Gasteiger partial charge in [-0.05, 0) is 62.1 Å². The lowest BCUT2D eigenvalue weighted by molar-refractivity contribution is 0.0670. The Labute approximate surface area is 165 Å². The van der Waals surface area contributed by atoms with Crippen LogP contribution in [0.1, 0.15) is 29.0 Å². The number of piperidine rings is 1. The number of amides is 1. The van der Waals surface area contributed by atoms with Gasteiger partial charge in [0.05, 0.1) is 12.0 Å². The van der Waals surface area contributed by atoms with E-state index in [4.69, 9.17) is 4.74 Å². The van der Waals surface area contributed by atoms with Crippen molar-refractivity contribution in [1.29, 1.82) is 0 Å². The highest BCUT2D eigenvalue weighted by molar-refractivity contribution is 7.89. The third-order valence-electron chi connectivity index (χ3n) is 4.85. The average molecular weight is 404 g/mol. The van der Waals surface area contributed by atoms with E-state index in [1.165, 1.54) is 19.2 Å². The molecule has 1 aliphatic rings. The first-order valence-corrected chi connectivity index (χ1v) is 10.7. The lowest BCUT2D eigenvalue weighted by Gasteiger charge is -2.32. The number of rotatable bonds is 6. The minimum atomic E-state index is -3.60. The Morgan fingerprint density at radius 1 is 1.25 bits per heavy atom. The molecule has 0 spiro atoms. The van der Waals surface area contributed by atoms with Crippen molar-refractivity contribution in [3.05, 3.63) is 53.9 Å². The summed E-state index contributed by atoms with van der Waals surface area (Å²) in [5.74, 6) is 0.562. The Kier molecular flexibility index (Phi) is 6.31. The largest absolute Gasteiger partial charge is 0.497 e. The smallest absolute Gasteiger partial charge is 0.272 e. The number of nitrogens with one attached hydrogen (secondary N) is 1. The maximum Gasteiger partial charge on any atom is 0.272 e. The first kappa shape index (κ1) is 20.3. The van der Waals surface area contributed by atoms with Crippen molar-refractivity contribution >= 4 is 15.9 Å². The van der Waals surface area contributed by atoms with Gasteiger partial charge in [0, 0.05) is 25.3 Å². The normalized spacial score (nSPS) is 17.4. The van der Waals surface area contributed by atoms with Crippen molar-refractivity contribution in [3.8, 4) is 5.75 Å². The molecule has 2 heterocycles. The summed E-state index contributed by atoms with van der Waals surface area (Å²) in [5, 5.41) is 0. The van der Waals surface area contributed by atoms with Gasteiger partial charge < -0.3 is 9.64 Å².